The highest BCUT2D eigenvalue weighted by Crippen LogP contribution is 2.41. The van der Waals surface area contributed by atoms with Crippen LogP contribution in [0.25, 0.3) is 11.3 Å². The molecule has 0 saturated carbocycles. The van der Waals surface area contributed by atoms with Crippen LogP contribution >= 0.6 is 34.2 Å². The molecular weight excluding hydrogens is 650 g/mol. The second-order valence-electron chi connectivity index (χ2n) is 9.28. The Morgan fingerprint density at radius 1 is 1.12 bits per heavy atom. The summed E-state index contributed by atoms with van der Waals surface area (Å²) in [6.07, 6.45) is 0. The standard InChI is InChI=1S/C29H25ClFIN4O4/c1-16(17-5-3-2-4-6-17)25(27-33-24(26(30)35-27)21-12-9-19(32)15-22(21)31)36-28(38)23(34-29(36)39)18-7-10-20(11-8-18)40-14-13-37/h2-12,15-16,23,25,37H,13-14H2,1H3,(H,33,35)(H,34,39)/t16-,23+,25?/m0/s1. The number of nitrogens with zero attached hydrogens (tertiary/aromatic N) is 2. The van der Waals surface area contributed by atoms with E-state index in [1.54, 1.807) is 36.4 Å². The molecule has 1 saturated heterocycles. The van der Waals surface area contributed by atoms with Gasteiger partial charge in [0.05, 0.1) is 6.61 Å². The lowest BCUT2D eigenvalue weighted by Gasteiger charge is -2.29. The van der Waals surface area contributed by atoms with Crippen molar-refractivity contribution in [1.82, 2.24) is 20.2 Å². The lowest BCUT2D eigenvalue weighted by molar-refractivity contribution is -0.129. The number of imide groups is 1. The van der Waals surface area contributed by atoms with Gasteiger partial charge in [-0.3, -0.25) is 9.69 Å². The van der Waals surface area contributed by atoms with Gasteiger partial charge in [-0.15, -0.1) is 0 Å². The average Bonchev–Trinajstić information content (AvgIpc) is 3.47. The Kier molecular flexibility index (Phi) is 8.38. The molecule has 1 aliphatic heterocycles. The van der Waals surface area contributed by atoms with Gasteiger partial charge in [-0.1, -0.05) is 61.0 Å². The number of halogens is 3. The highest BCUT2D eigenvalue weighted by Gasteiger charge is 2.46. The van der Waals surface area contributed by atoms with E-state index in [2.05, 4.69) is 15.3 Å². The number of rotatable bonds is 9. The first-order chi connectivity index (χ1) is 19.3. The van der Waals surface area contributed by atoms with Gasteiger partial charge in [0.15, 0.2) is 0 Å². The number of aromatic amines is 1. The van der Waals surface area contributed by atoms with Gasteiger partial charge in [0.1, 0.15) is 46.9 Å². The maximum atomic E-state index is 14.8. The number of H-pyrrole nitrogens is 1. The first-order valence-electron chi connectivity index (χ1n) is 12.5. The van der Waals surface area contributed by atoms with Gasteiger partial charge < -0.3 is 20.1 Å². The van der Waals surface area contributed by atoms with E-state index in [4.69, 9.17) is 21.4 Å². The number of urea groups is 1. The van der Waals surface area contributed by atoms with Gasteiger partial charge in [-0.05, 0) is 64.0 Å². The summed E-state index contributed by atoms with van der Waals surface area (Å²) in [4.78, 5) is 36.0. The number of imidazole rings is 1. The predicted molar refractivity (Wildman–Crippen MR) is 156 cm³/mol. The topological polar surface area (TPSA) is 108 Å². The van der Waals surface area contributed by atoms with Gasteiger partial charge in [-0.25, -0.2) is 14.2 Å². The first kappa shape index (κ1) is 28.1. The van der Waals surface area contributed by atoms with Gasteiger partial charge in [-0.2, -0.15) is 0 Å². The second-order valence-corrected chi connectivity index (χ2v) is 10.9. The normalized spacial score (nSPS) is 16.6. The maximum Gasteiger partial charge on any atom is 0.325 e. The van der Waals surface area contributed by atoms with Crippen LogP contribution in [-0.2, 0) is 4.79 Å². The van der Waals surface area contributed by atoms with Crippen molar-refractivity contribution in [3.05, 3.63) is 104 Å². The van der Waals surface area contributed by atoms with Gasteiger partial charge >= 0.3 is 6.03 Å². The van der Waals surface area contributed by atoms with Gasteiger partial charge in [0.2, 0.25) is 0 Å². The summed E-state index contributed by atoms with van der Waals surface area (Å²) >= 11 is 8.54. The Hall–Kier alpha value is -3.48. The number of aliphatic hydroxyl groups is 1. The molecule has 3 N–H and O–H groups in total. The zero-order valence-corrected chi connectivity index (χ0v) is 24.2. The minimum Gasteiger partial charge on any atom is -0.491 e. The molecule has 4 aromatic rings. The zero-order chi connectivity index (χ0) is 28.4. The Labute approximate surface area is 248 Å². The molecule has 5 rings (SSSR count). The lowest BCUT2D eigenvalue weighted by Crippen LogP contribution is -2.38. The van der Waals surface area contributed by atoms with Crippen LogP contribution in [0.4, 0.5) is 9.18 Å². The quantitative estimate of drug-likeness (QED) is 0.150. The molecule has 206 valence electrons. The van der Waals surface area contributed by atoms with E-state index >= 15 is 0 Å². The van der Waals surface area contributed by atoms with Gasteiger partial charge in [0.25, 0.3) is 5.91 Å². The van der Waals surface area contributed by atoms with Crippen molar-refractivity contribution in [3.8, 4) is 17.0 Å². The number of amides is 3. The molecule has 0 aliphatic carbocycles. The molecule has 2 heterocycles. The highest BCUT2D eigenvalue weighted by molar-refractivity contribution is 14.1. The van der Waals surface area contributed by atoms with Crippen molar-refractivity contribution < 1.29 is 23.8 Å². The minimum absolute atomic E-state index is 0.0995. The fourth-order valence-electron chi connectivity index (χ4n) is 4.79. The smallest absolute Gasteiger partial charge is 0.325 e. The summed E-state index contributed by atoms with van der Waals surface area (Å²) in [5.74, 6) is -0.549. The molecule has 1 fully saturated rings. The summed E-state index contributed by atoms with van der Waals surface area (Å²) in [6.45, 7) is 1.91. The third kappa shape index (κ3) is 5.56. The van der Waals surface area contributed by atoms with E-state index in [9.17, 15) is 14.0 Å². The second kappa shape index (κ2) is 11.9. The van der Waals surface area contributed by atoms with E-state index in [-0.39, 0.29) is 41.4 Å². The van der Waals surface area contributed by atoms with Crippen molar-refractivity contribution >= 4 is 46.1 Å². The van der Waals surface area contributed by atoms with Crippen LogP contribution in [0.5, 0.6) is 5.75 Å². The molecule has 8 nitrogen and oxygen atoms in total. The monoisotopic (exact) mass is 674 g/mol. The fraction of sp³-hybridized carbons (Fsp3) is 0.207. The van der Waals surface area contributed by atoms with Crippen LogP contribution in [0.2, 0.25) is 5.15 Å². The molecule has 3 atom stereocenters. The Morgan fingerprint density at radius 2 is 1.85 bits per heavy atom. The van der Waals surface area contributed by atoms with Crippen molar-refractivity contribution in [2.24, 2.45) is 0 Å². The number of aliphatic hydroxyl groups excluding tert-OH is 1. The SMILES string of the molecule is C[C@@H](c1ccccc1)C(c1nc(-c2ccc(I)cc2F)c(Cl)[nH]1)N1C(=O)N[C@H](c2ccc(OCCO)cc2)C1=O. The van der Waals surface area contributed by atoms with E-state index < -0.39 is 29.8 Å². The number of aromatic nitrogens is 2. The number of hydrogen-bond acceptors (Lipinski definition) is 5. The van der Waals surface area contributed by atoms with E-state index in [0.29, 0.717) is 11.3 Å². The Bertz CT molecular complexity index is 1530. The summed E-state index contributed by atoms with van der Waals surface area (Å²) in [5, 5.41) is 11.8. The van der Waals surface area contributed by atoms with E-state index in [0.717, 1.165) is 14.0 Å². The van der Waals surface area contributed by atoms with Gasteiger partial charge in [0, 0.05) is 15.1 Å². The van der Waals surface area contributed by atoms with Crippen LogP contribution in [0.1, 0.15) is 41.9 Å². The highest BCUT2D eigenvalue weighted by atomic mass is 127. The van der Waals surface area contributed by atoms with Crippen molar-refractivity contribution in [1.29, 1.82) is 0 Å². The number of nitrogens with one attached hydrogen (secondary N) is 2. The molecule has 0 radical (unpaired) electrons. The molecule has 1 aliphatic rings. The third-order valence-electron chi connectivity index (χ3n) is 6.77. The molecule has 1 aromatic heterocycles. The van der Waals surface area contributed by atoms with E-state index in [1.165, 1.54) is 6.07 Å². The lowest BCUT2D eigenvalue weighted by atomic mass is 9.91. The molecule has 3 amide bonds. The molecule has 11 heteroatoms. The number of carbonyl (C=O) groups excluding carboxylic acids is 2. The minimum atomic E-state index is -0.927. The Balaban J connectivity index is 1.53. The molecule has 40 heavy (non-hydrogen) atoms. The van der Waals surface area contributed by atoms with Crippen LogP contribution in [0.3, 0.4) is 0 Å². The third-order valence-corrected chi connectivity index (χ3v) is 7.71. The predicted octanol–water partition coefficient (Wildman–Crippen LogP) is 5.98. The number of benzene rings is 3. The van der Waals surface area contributed by atoms with Crippen LogP contribution in [0, 0.1) is 9.39 Å². The fourth-order valence-corrected chi connectivity index (χ4v) is 5.49. The van der Waals surface area contributed by atoms with Crippen molar-refractivity contribution in [2.75, 3.05) is 13.2 Å². The molecule has 0 spiro atoms. The average molecular weight is 675 g/mol. The number of hydrogen-bond donors (Lipinski definition) is 3. The summed E-state index contributed by atoms with van der Waals surface area (Å²) in [6, 6.07) is 18.5. The molecule has 3 aromatic carbocycles. The summed E-state index contributed by atoms with van der Waals surface area (Å²) in [5.41, 5.74) is 1.84. The molecule has 1 unspecified atom stereocenters. The number of carbonyl (C=O) groups is 2. The van der Waals surface area contributed by atoms with Crippen LogP contribution < -0.4 is 10.1 Å². The zero-order valence-electron chi connectivity index (χ0n) is 21.3. The summed E-state index contributed by atoms with van der Waals surface area (Å²) in [7, 11) is 0. The summed E-state index contributed by atoms with van der Waals surface area (Å²) < 4.78 is 21.0. The largest absolute Gasteiger partial charge is 0.491 e. The van der Waals surface area contributed by atoms with Crippen molar-refractivity contribution in [3.63, 3.8) is 0 Å². The van der Waals surface area contributed by atoms with Crippen molar-refractivity contribution in [2.45, 2.75) is 24.9 Å². The first-order valence-corrected chi connectivity index (χ1v) is 14.0. The maximum absolute atomic E-state index is 14.8. The van der Waals surface area contributed by atoms with E-state index in [1.807, 2.05) is 59.8 Å². The number of ether oxygens (including phenoxy) is 1. The Morgan fingerprint density at radius 3 is 2.52 bits per heavy atom. The van der Waals surface area contributed by atoms with Crippen LogP contribution in [-0.4, -0.2) is 45.1 Å². The molecule has 0 bridgehead atoms. The van der Waals surface area contributed by atoms with Crippen LogP contribution in [0.15, 0.2) is 72.8 Å². The molecular formula is C29H25ClFIN4O4.